The van der Waals surface area contributed by atoms with Crippen molar-refractivity contribution in [2.45, 2.75) is 6.17 Å². The van der Waals surface area contributed by atoms with Crippen LogP contribution in [0, 0.1) is 4.91 Å². The van der Waals surface area contributed by atoms with Crippen LogP contribution in [0.5, 0.6) is 0 Å². The van der Waals surface area contributed by atoms with Crippen LogP contribution in [0.3, 0.4) is 0 Å². The van der Waals surface area contributed by atoms with Crippen LogP contribution in [0.4, 0.5) is 9.18 Å². The van der Waals surface area contributed by atoms with Gasteiger partial charge in [-0.1, -0.05) is 34.8 Å². The van der Waals surface area contributed by atoms with E-state index in [1.807, 2.05) is 0 Å². The second-order valence-corrected chi connectivity index (χ2v) is 4.42. The molecule has 0 saturated carbocycles. The highest BCUT2D eigenvalue weighted by Crippen LogP contribution is 2.34. The molecule has 0 aliphatic heterocycles. The molecular weight excluding hydrogens is 309 g/mol. The fourth-order valence-electron chi connectivity index (χ4n) is 1.17. The van der Waals surface area contributed by atoms with E-state index in [-0.39, 0.29) is 25.6 Å². The number of hydrogen-bond donors (Lipinski definition) is 1. The SMILES string of the molecule is O=NN(CC(F)c1cc(Cl)c(Cl)cc1Cl)C(=O)O. The number of nitrogens with zero attached hydrogens (tertiary/aromatic N) is 2. The van der Waals surface area contributed by atoms with Crippen LogP contribution in [-0.4, -0.2) is 22.8 Å². The largest absolute Gasteiger partial charge is 0.464 e. The second kappa shape index (κ2) is 6.17. The van der Waals surface area contributed by atoms with Gasteiger partial charge < -0.3 is 5.11 Å². The molecule has 0 aromatic heterocycles. The molecule has 5 nitrogen and oxygen atoms in total. The minimum absolute atomic E-state index is 0.0174. The Hall–Kier alpha value is -1.11. The van der Waals surface area contributed by atoms with Gasteiger partial charge in [-0.3, -0.25) is 0 Å². The summed E-state index contributed by atoms with van der Waals surface area (Å²) in [5, 5.41) is 10.9. The van der Waals surface area contributed by atoms with Crippen LogP contribution >= 0.6 is 34.8 Å². The van der Waals surface area contributed by atoms with Crippen molar-refractivity contribution in [2.24, 2.45) is 5.29 Å². The van der Waals surface area contributed by atoms with Gasteiger partial charge in [0.2, 0.25) is 0 Å². The summed E-state index contributed by atoms with van der Waals surface area (Å²) in [6.07, 6.45) is -3.51. The molecule has 1 N–H and O–H groups in total. The highest BCUT2D eigenvalue weighted by Gasteiger charge is 2.23. The Morgan fingerprint density at radius 3 is 2.39 bits per heavy atom. The van der Waals surface area contributed by atoms with E-state index in [4.69, 9.17) is 39.9 Å². The Balaban J connectivity index is 2.97. The number of rotatable bonds is 4. The molecular formula is C9H6Cl3FN2O3. The summed E-state index contributed by atoms with van der Waals surface area (Å²) in [6, 6.07) is 2.40. The van der Waals surface area contributed by atoms with Crippen molar-refractivity contribution in [1.29, 1.82) is 0 Å². The van der Waals surface area contributed by atoms with Gasteiger partial charge in [0.15, 0.2) is 0 Å². The minimum Gasteiger partial charge on any atom is -0.464 e. The molecule has 0 saturated heterocycles. The van der Waals surface area contributed by atoms with Gasteiger partial charge in [-0.15, -0.1) is 4.91 Å². The quantitative estimate of drug-likeness (QED) is 0.511. The number of hydrogen-bond acceptors (Lipinski definition) is 3. The summed E-state index contributed by atoms with van der Waals surface area (Å²) >= 11 is 17.1. The number of halogens is 4. The summed E-state index contributed by atoms with van der Waals surface area (Å²) in [7, 11) is 0. The maximum absolute atomic E-state index is 13.8. The predicted molar refractivity (Wildman–Crippen MR) is 65.8 cm³/mol. The van der Waals surface area contributed by atoms with Crippen LogP contribution in [0.1, 0.15) is 11.7 Å². The zero-order valence-corrected chi connectivity index (χ0v) is 10.9. The van der Waals surface area contributed by atoms with Crippen molar-refractivity contribution in [1.82, 2.24) is 5.01 Å². The summed E-state index contributed by atoms with van der Waals surface area (Å²) < 4.78 is 13.8. The monoisotopic (exact) mass is 314 g/mol. The molecule has 98 valence electrons. The molecule has 0 heterocycles. The molecule has 1 atom stereocenters. The molecule has 0 radical (unpaired) electrons. The Morgan fingerprint density at radius 1 is 1.33 bits per heavy atom. The lowest BCUT2D eigenvalue weighted by atomic mass is 10.1. The zero-order chi connectivity index (χ0) is 13.9. The molecule has 18 heavy (non-hydrogen) atoms. The topological polar surface area (TPSA) is 70.0 Å². The van der Waals surface area contributed by atoms with E-state index in [0.29, 0.717) is 0 Å². The molecule has 0 aliphatic carbocycles. The molecule has 0 bridgehead atoms. The van der Waals surface area contributed by atoms with Crippen molar-refractivity contribution in [2.75, 3.05) is 6.54 Å². The third-order valence-corrected chi connectivity index (χ3v) is 3.08. The molecule has 1 aromatic carbocycles. The fourth-order valence-corrected chi connectivity index (χ4v) is 1.85. The van der Waals surface area contributed by atoms with Crippen LogP contribution in [-0.2, 0) is 0 Å². The highest BCUT2D eigenvalue weighted by molar-refractivity contribution is 6.43. The smallest absolute Gasteiger partial charge is 0.430 e. The highest BCUT2D eigenvalue weighted by atomic mass is 35.5. The van der Waals surface area contributed by atoms with Crippen molar-refractivity contribution >= 4 is 40.9 Å². The van der Waals surface area contributed by atoms with E-state index in [9.17, 15) is 14.1 Å². The third-order valence-electron chi connectivity index (χ3n) is 2.03. The van der Waals surface area contributed by atoms with Crippen LogP contribution in [0.25, 0.3) is 0 Å². The molecule has 1 unspecified atom stereocenters. The summed E-state index contributed by atoms with van der Waals surface area (Å²) in [6.45, 7) is -0.781. The lowest BCUT2D eigenvalue weighted by Gasteiger charge is -2.15. The summed E-state index contributed by atoms with van der Waals surface area (Å²) in [4.78, 5) is 20.7. The average molecular weight is 316 g/mol. The molecule has 0 aliphatic rings. The molecule has 1 rings (SSSR count). The number of nitroso groups, excluding NO2 is 1. The van der Waals surface area contributed by atoms with Gasteiger partial charge in [-0.2, -0.15) is 5.01 Å². The van der Waals surface area contributed by atoms with Gasteiger partial charge in [0.1, 0.15) is 6.17 Å². The van der Waals surface area contributed by atoms with E-state index < -0.39 is 18.8 Å². The third kappa shape index (κ3) is 3.44. The van der Waals surface area contributed by atoms with E-state index >= 15 is 0 Å². The molecule has 1 aromatic rings. The predicted octanol–water partition coefficient (Wildman–Crippen LogP) is 4.32. The summed E-state index contributed by atoms with van der Waals surface area (Å²) in [5.41, 5.74) is -0.0685. The van der Waals surface area contributed by atoms with Crippen molar-refractivity contribution in [3.8, 4) is 0 Å². The maximum atomic E-state index is 13.8. The number of carbonyl (C=O) groups is 1. The molecule has 1 amide bonds. The van der Waals surface area contributed by atoms with E-state index in [2.05, 4.69) is 5.29 Å². The molecule has 0 spiro atoms. The first-order chi connectivity index (χ1) is 8.36. The van der Waals surface area contributed by atoms with Crippen LogP contribution < -0.4 is 0 Å². The normalized spacial score (nSPS) is 12.0. The van der Waals surface area contributed by atoms with E-state index in [1.54, 1.807) is 0 Å². The van der Waals surface area contributed by atoms with Gasteiger partial charge in [-0.25, -0.2) is 9.18 Å². The van der Waals surface area contributed by atoms with Gasteiger partial charge in [0.05, 0.1) is 21.9 Å². The van der Waals surface area contributed by atoms with Crippen LogP contribution in [0.2, 0.25) is 15.1 Å². The Labute approximate surface area is 116 Å². The maximum Gasteiger partial charge on any atom is 0.430 e. The minimum atomic E-state index is -1.85. The van der Waals surface area contributed by atoms with Gasteiger partial charge in [0.25, 0.3) is 0 Å². The first kappa shape index (κ1) is 14.9. The first-order valence-corrected chi connectivity index (χ1v) is 5.62. The fraction of sp³-hybridized carbons (Fsp3) is 0.222. The second-order valence-electron chi connectivity index (χ2n) is 3.20. The summed E-state index contributed by atoms with van der Waals surface area (Å²) in [5.74, 6) is 0. The van der Waals surface area contributed by atoms with Crippen molar-refractivity contribution in [3.05, 3.63) is 37.7 Å². The number of carboxylic acid groups (broad SMARTS) is 1. The Morgan fingerprint density at radius 2 is 1.89 bits per heavy atom. The van der Waals surface area contributed by atoms with Crippen LogP contribution in [0.15, 0.2) is 17.4 Å². The number of alkyl halides is 1. The average Bonchev–Trinajstić information content (AvgIpc) is 2.29. The first-order valence-electron chi connectivity index (χ1n) is 4.49. The molecule has 0 fully saturated rings. The zero-order valence-electron chi connectivity index (χ0n) is 8.61. The van der Waals surface area contributed by atoms with E-state index in [1.165, 1.54) is 12.1 Å². The van der Waals surface area contributed by atoms with Crippen molar-refractivity contribution in [3.63, 3.8) is 0 Å². The van der Waals surface area contributed by atoms with Gasteiger partial charge in [-0.05, 0) is 12.1 Å². The lowest BCUT2D eigenvalue weighted by Crippen LogP contribution is -2.27. The van der Waals surface area contributed by atoms with E-state index in [0.717, 1.165) is 0 Å². The van der Waals surface area contributed by atoms with Gasteiger partial charge >= 0.3 is 6.09 Å². The Kier molecular flexibility index (Phi) is 5.13. The standard InChI is InChI=1S/C9H6Cl3FN2O3/c10-5-2-7(12)6(11)1-4(5)8(13)3-15(14-18)9(16)17/h1-2,8H,3H2,(H,16,17). The lowest BCUT2D eigenvalue weighted by molar-refractivity contribution is 0.130. The van der Waals surface area contributed by atoms with Crippen molar-refractivity contribution < 1.29 is 14.3 Å². The van der Waals surface area contributed by atoms with Gasteiger partial charge in [0, 0.05) is 10.6 Å². The number of benzene rings is 1. The number of amides is 1. The molecule has 9 heteroatoms. The Bertz CT molecular complexity index is 486.